The summed E-state index contributed by atoms with van der Waals surface area (Å²) in [7, 11) is 1.78. The molecule has 0 unspecified atom stereocenters. The van der Waals surface area contributed by atoms with Crippen LogP contribution in [0.25, 0.3) is 0 Å². The van der Waals surface area contributed by atoms with E-state index in [0.29, 0.717) is 19.4 Å². The zero-order chi connectivity index (χ0) is 12.2. The van der Waals surface area contributed by atoms with Gasteiger partial charge >= 0.3 is 0 Å². The Morgan fingerprint density at radius 1 is 1.62 bits per heavy atom. The van der Waals surface area contributed by atoms with E-state index in [-0.39, 0.29) is 11.4 Å². The Bertz CT molecular complexity index is 326. The molecule has 90 valence electrons. The summed E-state index contributed by atoms with van der Waals surface area (Å²) < 4.78 is 0. The largest absolute Gasteiger partial charge is 0.340 e. The molecule has 16 heavy (non-hydrogen) atoms. The van der Waals surface area contributed by atoms with E-state index in [4.69, 9.17) is 5.73 Å². The molecule has 1 rings (SSSR count). The fraction of sp³-hybridized carbons (Fsp3) is 0.636. The lowest BCUT2D eigenvalue weighted by Crippen LogP contribution is -2.34. The van der Waals surface area contributed by atoms with Crippen LogP contribution in [0.4, 0.5) is 0 Å². The van der Waals surface area contributed by atoms with Crippen LogP contribution in [-0.2, 0) is 11.3 Å². The molecule has 0 saturated carbocycles. The van der Waals surface area contributed by atoms with Crippen LogP contribution in [0, 0.1) is 0 Å². The van der Waals surface area contributed by atoms with Crippen molar-refractivity contribution in [1.82, 2.24) is 15.1 Å². The zero-order valence-corrected chi connectivity index (χ0v) is 10.2. The predicted octanol–water partition coefficient (Wildman–Crippen LogP) is 0.886. The van der Waals surface area contributed by atoms with Gasteiger partial charge in [0.25, 0.3) is 0 Å². The minimum absolute atomic E-state index is 0.105. The van der Waals surface area contributed by atoms with Gasteiger partial charge in [-0.2, -0.15) is 5.10 Å². The number of carbonyl (C=O) groups is 1. The number of carbonyl (C=O) groups excluding carboxylic acids is 1. The van der Waals surface area contributed by atoms with Crippen LogP contribution in [0.15, 0.2) is 12.3 Å². The Hall–Kier alpha value is -1.36. The van der Waals surface area contributed by atoms with Crippen LogP contribution in [-0.4, -0.2) is 33.6 Å². The van der Waals surface area contributed by atoms with E-state index in [9.17, 15) is 4.79 Å². The highest BCUT2D eigenvalue weighted by molar-refractivity contribution is 5.75. The molecule has 0 aliphatic heterocycles. The molecule has 3 N–H and O–H groups in total. The summed E-state index contributed by atoms with van der Waals surface area (Å²) in [6, 6.07) is 1.86. The second-order valence-corrected chi connectivity index (χ2v) is 4.82. The topological polar surface area (TPSA) is 75.0 Å². The first-order valence-electron chi connectivity index (χ1n) is 5.39. The van der Waals surface area contributed by atoms with Gasteiger partial charge in [0.2, 0.25) is 5.91 Å². The maximum atomic E-state index is 11.8. The fourth-order valence-electron chi connectivity index (χ4n) is 1.34. The summed E-state index contributed by atoms with van der Waals surface area (Å²) in [5.41, 5.74) is 6.48. The van der Waals surface area contributed by atoms with Gasteiger partial charge in [-0.3, -0.25) is 9.89 Å². The molecule has 0 aliphatic carbocycles. The summed E-state index contributed by atoms with van der Waals surface area (Å²) in [5, 5.41) is 6.66. The maximum Gasteiger partial charge on any atom is 0.222 e. The van der Waals surface area contributed by atoms with E-state index in [1.807, 2.05) is 19.9 Å². The van der Waals surface area contributed by atoms with Crippen LogP contribution in [0.3, 0.4) is 0 Å². The van der Waals surface area contributed by atoms with E-state index in [0.717, 1.165) is 5.69 Å². The van der Waals surface area contributed by atoms with Gasteiger partial charge < -0.3 is 10.6 Å². The monoisotopic (exact) mass is 224 g/mol. The first-order chi connectivity index (χ1) is 7.38. The van der Waals surface area contributed by atoms with Crippen molar-refractivity contribution in [3.63, 3.8) is 0 Å². The molecular weight excluding hydrogens is 204 g/mol. The second-order valence-electron chi connectivity index (χ2n) is 4.82. The number of aromatic nitrogens is 2. The summed E-state index contributed by atoms with van der Waals surface area (Å²) in [6.45, 7) is 4.41. The Morgan fingerprint density at radius 2 is 2.31 bits per heavy atom. The standard InChI is InChI=1S/C11H20N4O/c1-11(2,12)6-4-10(16)15(3)8-9-5-7-13-14-9/h5,7H,4,6,8,12H2,1-3H3,(H,13,14). The maximum absolute atomic E-state index is 11.8. The summed E-state index contributed by atoms with van der Waals surface area (Å²) >= 11 is 0. The Labute approximate surface area is 96.0 Å². The lowest BCUT2D eigenvalue weighted by molar-refractivity contribution is -0.130. The summed E-state index contributed by atoms with van der Waals surface area (Å²) in [6.07, 6.45) is 2.85. The van der Waals surface area contributed by atoms with Gasteiger partial charge in [-0.15, -0.1) is 0 Å². The van der Waals surface area contributed by atoms with Gasteiger partial charge in [-0.25, -0.2) is 0 Å². The fourth-order valence-corrected chi connectivity index (χ4v) is 1.34. The lowest BCUT2D eigenvalue weighted by atomic mass is 10.00. The molecule has 1 aromatic heterocycles. The average Bonchev–Trinajstić information content (AvgIpc) is 2.65. The second kappa shape index (κ2) is 5.12. The highest BCUT2D eigenvalue weighted by Gasteiger charge is 2.16. The molecule has 0 saturated heterocycles. The smallest absolute Gasteiger partial charge is 0.222 e. The minimum Gasteiger partial charge on any atom is -0.340 e. The molecule has 0 radical (unpaired) electrons. The van der Waals surface area contributed by atoms with Crippen molar-refractivity contribution in [3.8, 4) is 0 Å². The van der Waals surface area contributed by atoms with Crippen molar-refractivity contribution in [3.05, 3.63) is 18.0 Å². The third kappa shape index (κ3) is 4.44. The van der Waals surface area contributed by atoms with Crippen molar-refractivity contribution in [2.24, 2.45) is 5.73 Å². The van der Waals surface area contributed by atoms with Gasteiger partial charge in [0.15, 0.2) is 0 Å². The van der Waals surface area contributed by atoms with Crippen LogP contribution in [0.1, 0.15) is 32.4 Å². The zero-order valence-electron chi connectivity index (χ0n) is 10.2. The highest BCUT2D eigenvalue weighted by atomic mass is 16.2. The Balaban J connectivity index is 2.37. The number of hydrogen-bond acceptors (Lipinski definition) is 3. The van der Waals surface area contributed by atoms with Crippen LogP contribution < -0.4 is 5.73 Å². The quantitative estimate of drug-likeness (QED) is 0.779. The molecule has 0 aliphatic rings. The molecule has 5 heteroatoms. The number of aromatic amines is 1. The lowest BCUT2D eigenvalue weighted by Gasteiger charge is -2.21. The Kier molecular flexibility index (Phi) is 4.06. The number of rotatable bonds is 5. The van der Waals surface area contributed by atoms with Crippen molar-refractivity contribution in [1.29, 1.82) is 0 Å². The molecule has 0 fully saturated rings. The van der Waals surface area contributed by atoms with E-state index in [1.54, 1.807) is 18.1 Å². The normalized spacial score (nSPS) is 11.5. The molecule has 0 atom stereocenters. The van der Waals surface area contributed by atoms with Gasteiger partial charge in [-0.1, -0.05) is 0 Å². The van der Waals surface area contributed by atoms with E-state index in [2.05, 4.69) is 10.2 Å². The molecule has 1 amide bonds. The first-order valence-corrected chi connectivity index (χ1v) is 5.39. The SMILES string of the molecule is CN(Cc1ccn[nH]1)C(=O)CCC(C)(C)N. The number of H-pyrrole nitrogens is 1. The molecule has 0 aromatic carbocycles. The molecule has 5 nitrogen and oxygen atoms in total. The van der Waals surface area contributed by atoms with Crippen molar-refractivity contribution in [2.45, 2.75) is 38.8 Å². The van der Waals surface area contributed by atoms with Gasteiger partial charge in [0.05, 0.1) is 12.2 Å². The van der Waals surface area contributed by atoms with Gasteiger partial charge in [0, 0.05) is 25.2 Å². The first kappa shape index (κ1) is 12.7. The third-order valence-corrected chi connectivity index (χ3v) is 2.37. The Morgan fingerprint density at radius 3 is 2.81 bits per heavy atom. The number of hydrogen-bond donors (Lipinski definition) is 2. The minimum atomic E-state index is -0.287. The van der Waals surface area contributed by atoms with E-state index < -0.39 is 0 Å². The molecule has 0 spiro atoms. The molecule has 0 bridgehead atoms. The average molecular weight is 224 g/mol. The van der Waals surface area contributed by atoms with Crippen molar-refractivity contribution >= 4 is 5.91 Å². The van der Waals surface area contributed by atoms with Gasteiger partial charge in [-0.05, 0) is 26.3 Å². The van der Waals surface area contributed by atoms with Crippen LogP contribution in [0.5, 0.6) is 0 Å². The van der Waals surface area contributed by atoms with E-state index >= 15 is 0 Å². The van der Waals surface area contributed by atoms with Crippen molar-refractivity contribution < 1.29 is 4.79 Å². The van der Waals surface area contributed by atoms with Crippen LogP contribution in [0.2, 0.25) is 0 Å². The third-order valence-electron chi connectivity index (χ3n) is 2.37. The summed E-state index contributed by atoms with van der Waals surface area (Å²) in [5.74, 6) is 0.105. The van der Waals surface area contributed by atoms with Gasteiger partial charge in [0.1, 0.15) is 0 Å². The molecule has 1 heterocycles. The van der Waals surface area contributed by atoms with Crippen LogP contribution >= 0.6 is 0 Å². The molecular formula is C11H20N4O. The predicted molar refractivity (Wildman–Crippen MR) is 62.6 cm³/mol. The number of nitrogens with two attached hydrogens (primary N) is 1. The number of nitrogens with zero attached hydrogens (tertiary/aromatic N) is 2. The number of amides is 1. The number of nitrogens with one attached hydrogen (secondary N) is 1. The van der Waals surface area contributed by atoms with Crippen molar-refractivity contribution in [2.75, 3.05) is 7.05 Å². The summed E-state index contributed by atoms with van der Waals surface area (Å²) in [4.78, 5) is 13.4. The highest BCUT2D eigenvalue weighted by Crippen LogP contribution is 2.09. The molecule has 1 aromatic rings. The van der Waals surface area contributed by atoms with E-state index in [1.165, 1.54) is 0 Å².